The molecule has 0 bridgehead atoms. The Morgan fingerprint density at radius 3 is 2.43 bits per heavy atom. The summed E-state index contributed by atoms with van der Waals surface area (Å²) in [6.07, 6.45) is 0.989. The monoisotopic (exact) mass is 493 g/mol. The second-order valence-electron chi connectivity index (χ2n) is 8.41. The second kappa shape index (κ2) is 12.2. The molecule has 0 spiro atoms. The van der Waals surface area contributed by atoms with Gasteiger partial charge in [-0.3, -0.25) is 0 Å². The largest absolute Gasteiger partial charge is 0.392 e. The van der Waals surface area contributed by atoms with Crippen LogP contribution in [0.2, 0.25) is 0 Å². The van der Waals surface area contributed by atoms with E-state index in [1.165, 1.54) is 0 Å². The van der Waals surface area contributed by atoms with Crippen molar-refractivity contribution >= 4 is 23.5 Å². The van der Waals surface area contributed by atoms with Gasteiger partial charge in [0.15, 0.2) is 6.29 Å². The molecule has 0 aliphatic carbocycles. The molecule has 0 saturated carbocycles. The number of rotatable bonds is 8. The van der Waals surface area contributed by atoms with Crippen LogP contribution in [0.3, 0.4) is 0 Å². The summed E-state index contributed by atoms with van der Waals surface area (Å²) in [5, 5.41) is 15.9. The van der Waals surface area contributed by atoms with Crippen molar-refractivity contribution in [3.63, 3.8) is 0 Å². The summed E-state index contributed by atoms with van der Waals surface area (Å²) in [5.74, 6) is 0.834. The van der Waals surface area contributed by atoms with Crippen molar-refractivity contribution in [3.05, 3.63) is 89.6 Å². The first kappa shape index (κ1) is 25.2. The lowest BCUT2D eigenvalue weighted by Crippen LogP contribution is -2.38. The Balaban J connectivity index is 1.54. The van der Waals surface area contributed by atoms with Gasteiger partial charge in [0.05, 0.1) is 23.8 Å². The van der Waals surface area contributed by atoms with Crippen LogP contribution in [0.4, 0.5) is 10.5 Å². The molecule has 3 aromatic rings. The molecule has 35 heavy (non-hydrogen) atoms. The molecule has 1 aliphatic heterocycles. The maximum Gasteiger partial charge on any atom is 0.319 e. The van der Waals surface area contributed by atoms with Crippen molar-refractivity contribution in [1.29, 1.82) is 0 Å². The number of thioether (sulfide) groups is 1. The van der Waals surface area contributed by atoms with E-state index in [9.17, 15) is 9.90 Å². The number of carbonyl (C=O) groups excluding carboxylic acids is 1. The quantitative estimate of drug-likeness (QED) is 0.369. The molecule has 4 unspecified atom stereocenters. The Morgan fingerprint density at radius 1 is 1.03 bits per heavy atom. The number of hydrogen-bond acceptors (Lipinski definition) is 6. The number of nitrogens with one attached hydrogen (secondary N) is 2. The first-order valence-corrected chi connectivity index (χ1v) is 12.7. The summed E-state index contributed by atoms with van der Waals surface area (Å²) < 4.78 is 12.9. The summed E-state index contributed by atoms with van der Waals surface area (Å²) in [6.45, 7) is 4.58. The number of amides is 2. The average Bonchev–Trinajstić information content (AvgIpc) is 2.89. The molecule has 3 N–H and O–H groups in total. The molecule has 184 valence electrons. The van der Waals surface area contributed by atoms with Crippen molar-refractivity contribution in [2.24, 2.45) is 5.92 Å². The van der Waals surface area contributed by atoms with E-state index in [0.29, 0.717) is 12.2 Å². The summed E-state index contributed by atoms with van der Waals surface area (Å²) in [5.41, 5.74) is 3.48. The number of pyridine rings is 1. The summed E-state index contributed by atoms with van der Waals surface area (Å²) in [6, 6.07) is 21.0. The molecule has 1 aromatic heterocycles. The van der Waals surface area contributed by atoms with Crippen LogP contribution in [0.1, 0.15) is 42.9 Å². The molecular weight excluding hydrogens is 462 g/mol. The number of carbonyl (C=O) groups is 1. The van der Waals surface area contributed by atoms with E-state index in [2.05, 4.69) is 22.5 Å². The fraction of sp³-hybridized carbons (Fsp3) is 0.333. The Morgan fingerprint density at radius 2 is 1.77 bits per heavy atom. The minimum atomic E-state index is -0.554. The lowest BCUT2D eigenvalue weighted by Gasteiger charge is -2.41. The van der Waals surface area contributed by atoms with Gasteiger partial charge in [0.2, 0.25) is 0 Å². The minimum absolute atomic E-state index is 0.00704. The molecule has 1 aliphatic rings. The first-order chi connectivity index (χ1) is 17.1. The lowest BCUT2D eigenvalue weighted by atomic mass is 9.91. The average molecular weight is 494 g/mol. The predicted octanol–water partition coefficient (Wildman–Crippen LogP) is 5.30. The van der Waals surface area contributed by atoms with Gasteiger partial charge in [-0.1, -0.05) is 49.4 Å². The number of nitrogens with zero attached hydrogens (tertiary/aromatic N) is 1. The second-order valence-corrected chi connectivity index (χ2v) is 9.45. The van der Waals surface area contributed by atoms with Crippen molar-refractivity contribution in [2.75, 3.05) is 17.6 Å². The molecule has 2 amide bonds. The van der Waals surface area contributed by atoms with Gasteiger partial charge >= 0.3 is 6.03 Å². The molecule has 4 rings (SSSR count). The van der Waals surface area contributed by atoms with Crippen LogP contribution in [0.15, 0.2) is 78.0 Å². The number of anilines is 1. The van der Waals surface area contributed by atoms with Gasteiger partial charge in [0, 0.05) is 35.7 Å². The van der Waals surface area contributed by atoms with Crippen LogP contribution in [0.25, 0.3) is 0 Å². The SMILES string of the molecule is CCNC(=O)Nc1ccc(C2OC(CSc3ccccn3)C(C)C(c3ccc(CO)cc3)O2)cc1. The molecule has 8 heteroatoms. The standard InChI is InChI=1S/C27H31N3O4S/c1-3-28-27(32)30-22-13-11-21(12-14-22)26-33-23(17-35-24-6-4-5-15-29-24)18(2)25(34-26)20-9-7-19(16-31)8-10-20/h4-15,18,23,25-26,31H,3,16-17H2,1-2H3,(H2,28,30,32). The fourth-order valence-electron chi connectivity index (χ4n) is 3.97. The maximum absolute atomic E-state index is 11.8. The third kappa shape index (κ3) is 6.61. The van der Waals surface area contributed by atoms with E-state index in [-0.39, 0.29) is 30.8 Å². The fourth-order valence-corrected chi connectivity index (χ4v) is 5.00. The zero-order valence-corrected chi connectivity index (χ0v) is 20.7. The van der Waals surface area contributed by atoms with Gasteiger partial charge in [0.1, 0.15) is 0 Å². The van der Waals surface area contributed by atoms with Crippen LogP contribution >= 0.6 is 11.8 Å². The highest BCUT2D eigenvalue weighted by Crippen LogP contribution is 2.43. The third-order valence-electron chi connectivity index (χ3n) is 5.93. The van der Waals surface area contributed by atoms with Crippen LogP contribution in [-0.4, -0.2) is 34.5 Å². The van der Waals surface area contributed by atoms with Gasteiger partial charge < -0.3 is 25.2 Å². The lowest BCUT2D eigenvalue weighted by molar-refractivity contribution is -0.268. The van der Waals surface area contributed by atoms with Crippen molar-refractivity contribution in [3.8, 4) is 0 Å². The zero-order valence-electron chi connectivity index (χ0n) is 19.9. The molecule has 1 fully saturated rings. The van der Waals surface area contributed by atoms with Gasteiger partial charge in [0.25, 0.3) is 0 Å². The number of aromatic nitrogens is 1. The normalized spacial score (nSPS) is 21.9. The zero-order chi connectivity index (χ0) is 24.6. The van der Waals surface area contributed by atoms with Crippen molar-refractivity contribution in [2.45, 2.75) is 44.0 Å². The number of hydrogen-bond donors (Lipinski definition) is 3. The molecule has 2 heterocycles. The van der Waals surface area contributed by atoms with Crippen LogP contribution in [-0.2, 0) is 16.1 Å². The first-order valence-electron chi connectivity index (χ1n) is 11.8. The van der Waals surface area contributed by atoms with Gasteiger partial charge in [-0.15, -0.1) is 11.8 Å². The van der Waals surface area contributed by atoms with Gasteiger partial charge in [-0.25, -0.2) is 9.78 Å². The minimum Gasteiger partial charge on any atom is -0.392 e. The summed E-state index contributed by atoms with van der Waals surface area (Å²) in [4.78, 5) is 16.2. The van der Waals surface area contributed by atoms with E-state index in [1.54, 1.807) is 18.0 Å². The number of ether oxygens (including phenoxy) is 2. The Hall–Kier alpha value is -2.91. The number of benzene rings is 2. The van der Waals surface area contributed by atoms with Gasteiger partial charge in [-0.05, 0) is 42.3 Å². The van der Waals surface area contributed by atoms with Gasteiger partial charge in [-0.2, -0.15) is 0 Å². The summed E-state index contributed by atoms with van der Waals surface area (Å²) in [7, 11) is 0. The van der Waals surface area contributed by atoms with Crippen LogP contribution in [0, 0.1) is 5.92 Å². The molecular formula is C27H31N3O4S. The van der Waals surface area contributed by atoms with E-state index in [4.69, 9.17) is 9.47 Å². The van der Waals surface area contributed by atoms with E-state index in [1.807, 2.05) is 73.7 Å². The number of aliphatic hydroxyl groups is 1. The molecule has 7 nitrogen and oxygen atoms in total. The van der Waals surface area contributed by atoms with Crippen LogP contribution < -0.4 is 10.6 Å². The summed E-state index contributed by atoms with van der Waals surface area (Å²) >= 11 is 1.67. The smallest absolute Gasteiger partial charge is 0.319 e. The molecule has 0 radical (unpaired) electrons. The Bertz CT molecular complexity index is 1080. The van der Waals surface area contributed by atoms with Crippen LogP contribution in [0.5, 0.6) is 0 Å². The van der Waals surface area contributed by atoms with E-state index < -0.39 is 6.29 Å². The highest BCUT2D eigenvalue weighted by Gasteiger charge is 2.38. The topological polar surface area (TPSA) is 92.7 Å². The highest BCUT2D eigenvalue weighted by atomic mass is 32.2. The van der Waals surface area contributed by atoms with E-state index in [0.717, 1.165) is 27.5 Å². The maximum atomic E-state index is 11.8. The van der Waals surface area contributed by atoms with Crippen molar-refractivity contribution in [1.82, 2.24) is 10.3 Å². The molecule has 1 saturated heterocycles. The Kier molecular flexibility index (Phi) is 8.76. The van der Waals surface area contributed by atoms with E-state index >= 15 is 0 Å². The molecule has 4 atom stereocenters. The number of aliphatic hydroxyl groups excluding tert-OH is 1. The highest BCUT2D eigenvalue weighted by molar-refractivity contribution is 7.99. The predicted molar refractivity (Wildman–Crippen MR) is 137 cm³/mol. The molecule has 2 aromatic carbocycles. The number of urea groups is 1. The van der Waals surface area contributed by atoms with Crippen molar-refractivity contribution < 1.29 is 19.4 Å². The third-order valence-corrected chi connectivity index (χ3v) is 6.97. The Labute approximate surface area is 210 Å².